The van der Waals surface area contributed by atoms with E-state index in [0.717, 1.165) is 5.69 Å². The number of carbonyl (C=O) groups is 1. The summed E-state index contributed by atoms with van der Waals surface area (Å²) in [6, 6.07) is 8.48. The van der Waals surface area contributed by atoms with Crippen molar-refractivity contribution < 1.29 is 9.53 Å². The van der Waals surface area contributed by atoms with Crippen LogP contribution in [0.4, 0.5) is 0 Å². The predicted octanol–water partition coefficient (Wildman–Crippen LogP) is 2.06. The number of rotatable bonds is 2. The van der Waals surface area contributed by atoms with Gasteiger partial charge in [-0.25, -0.2) is 4.68 Å². The zero-order valence-electron chi connectivity index (χ0n) is 13.5. The fourth-order valence-corrected chi connectivity index (χ4v) is 2.82. The molecule has 0 radical (unpaired) electrons. The number of hydrogen-bond acceptors (Lipinski definition) is 4. The Morgan fingerprint density at radius 1 is 1.33 bits per heavy atom. The smallest absolute Gasteiger partial charge is 0.278 e. The molecule has 0 unspecified atom stereocenters. The van der Waals surface area contributed by atoms with Crippen LogP contribution < -0.4 is 5.43 Å². The molecule has 0 aliphatic carbocycles. The highest BCUT2D eigenvalue weighted by molar-refractivity contribution is 6.30. The summed E-state index contributed by atoms with van der Waals surface area (Å²) in [5.41, 5.74) is 0.932. The molecule has 126 valence electrons. The number of amides is 1. The molecule has 2 heterocycles. The van der Waals surface area contributed by atoms with Crippen LogP contribution >= 0.6 is 11.6 Å². The second kappa shape index (κ2) is 6.75. The van der Waals surface area contributed by atoms with Gasteiger partial charge in [0.05, 0.1) is 18.4 Å². The van der Waals surface area contributed by atoms with Gasteiger partial charge < -0.3 is 9.64 Å². The Bertz CT molecular complexity index is 817. The van der Waals surface area contributed by atoms with Gasteiger partial charge in [-0.1, -0.05) is 11.6 Å². The second-order valence-corrected chi connectivity index (χ2v) is 6.26. The molecular formula is C17H18ClN3O3. The van der Waals surface area contributed by atoms with E-state index in [1.165, 1.54) is 6.07 Å². The first-order valence-electron chi connectivity index (χ1n) is 7.73. The summed E-state index contributed by atoms with van der Waals surface area (Å²) in [5, 5.41) is 4.91. The molecule has 1 saturated heterocycles. The van der Waals surface area contributed by atoms with E-state index in [1.807, 2.05) is 6.92 Å². The number of morpholine rings is 1. The lowest BCUT2D eigenvalue weighted by Crippen LogP contribution is -2.46. The van der Waals surface area contributed by atoms with Gasteiger partial charge in [0, 0.05) is 29.9 Å². The van der Waals surface area contributed by atoms with Crippen molar-refractivity contribution in [2.24, 2.45) is 0 Å². The number of hydrogen-bond donors (Lipinski definition) is 0. The first kappa shape index (κ1) is 16.7. The summed E-state index contributed by atoms with van der Waals surface area (Å²) in [6.07, 6.45) is -0.0494. The third kappa shape index (κ3) is 3.34. The van der Waals surface area contributed by atoms with E-state index >= 15 is 0 Å². The van der Waals surface area contributed by atoms with Crippen molar-refractivity contribution in [3.63, 3.8) is 0 Å². The molecule has 0 bridgehead atoms. The molecule has 1 aromatic heterocycles. The van der Waals surface area contributed by atoms with Crippen LogP contribution in [-0.2, 0) is 4.74 Å². The molecule has 1 fully saturated rings. The highest BCUT2D eigenvalue weighted by Gasteiger charge is 2.26. The lowest BCUT2D eigenvalue weighted by atomic mass is 10.2. The Hall–Kier alpha value is -2.18. The minimum Gasteiger partial charge on any atom is -0.375 e. The molecule has 1 amide bonds. The lowest BCUT2D eigenvalue weighted by molar-refractivity contribution is -0.0127. The number of ether oxygens (including phenoxy) is 1. The standard InChI is InChI=1S/C17H18ClN3O3/c1-11-9-15(22)16(17(23)20-7-8-24-12(2)10-20)19-21(11)14-5-3-13(18)4-6-14/h3-6,9,12H,7-8,10H2,1-2H3/t12-/m0/s1. The molecule has 1 aromatic carbocycles. The summed E-state index contributed by atoms with van der Waals surface area (Å²) in [6.45, 7) is 5.04. The summed E-state index contributed by atoms with van der Waals surface area (Å²) in [5.74, 6) is -0.363. The van der Waals surface area contributed by atoms with E-state index in [1.54, 1.807) is 40.8 Å². The van der Waals surface area contributed by atoms with Gasteiger partial charge in [0.25, 0.3) is 5.91 Å². The van der Waals surface area contributed by atoms with Gasteiger partial charge >= 0.3 is 0 Å². The first-order chi connectivity index (χ1) is 11.5. The number of benzene rings is 1. The van der Waals surface area contributed by atoms with Gasteiger partial charge in [-0.2, -0.15) is 5.10 Å². The summed E-state index contributed by atoms with van der Waals surface area (Å²) in [7, 11) is 0. The van der Waals surface area contributed by atoms with Crippen LogP contribution in [-0.4, -0.2) is 46.4 Å². The molecule has 0 spiro atoms. The van der Waals surface area contributed by atoms with Crippen molar-refractivity contribution in [1.82, 2.24) is 14.7 Å². The lowest BCUT2D eigenvalue weighted by Gasteiger charge is -2.30. The zero-order chi connectivity index (χ0) is 17.3. The Morgan fingerprint density at radius 2 is 2.04 bits per heavy atom. The highest BCUT2D eigenvalue weighted by atomic mass is 35.5. The van der Waals surface area contributed by atoms with Crippen molar-refractivity contribution in [2.75, 3.05) is 19.7 Å². The van der Waals surface area contributed by atoms with Crippen LogP contribution in [0.15, 0.2) is 35.1 Å². The number of aryl methyl sites for hydroxylation is 1. The summed E-state index contributed by atoms with van der Waals surface area (Å²) >= 11 is 5.91. The van der Waals surface area contributed by atoms with Crippen molar-refractivity contribution in [3.05, 3.63) is 57.0 Å². The quantitative estimate of drug-likeness (QED) is 0.834. The van der Waals surface area contributed by atoms with E-state index in [4.69, 9.17) is 16.3 Å². The molecule has 24 heavy (non-hydrogen) atoms. The first-order valence-corrected chi connectivity index (χ1v) is 8.11. The number of halogens is 1. The van der Waals surface area contributed by atoms with Gasteiger partial charge in [-0.05, 0) is 38.1 Å². The maximum atomic E-state index is 12.7. The molecule has 1 atom stereocenters. The van der Waals surface area contributed by atoms with Gasteiger partial charge in [-0.3, -0.25) is 9.59 Å². The van der Waals surface area contributed by atoms with Gasteiger partial charge in [0.15, 0.2) is 5.69 Å². The average Bonchev–Trinajstić information content (AvgIpc) is 2.55. The van der Waals surface area contributed by atoms with Crippen LogP contribution in [0.2, 0.25) is 5.02 Å². The summed E-state index contributed by atoms with van der Waals surface area (Å²) in [4.78, 5) is 26.6. The Balaban J connectivity index is 1.99. The monoisotopic (exact) mass is 347 g/mol. The van der Waals surface area contributed by atoms with E-state index in [9.17, 15) is 9.59 Å². The van der Waals surface area contributed by atoms with Crippen LogP contribution in [0.25, 0.3) is 5.69 Å². The molecule has 2 aromatic rings. The van der Waals surface area contributed by atoms with Crippen LogP contribution in [0.5, 0.6) is 0 Å². The number of carbonyl (C=O) groups excluding carboxylic acids is 1. The zero-order valence-corrected chi connectivity index (χ0v) is 14.3. The largest absolute Gasteiger partial charge is 0.375 e. The molecule has 0 N–H and O–H groups in total. The van der Waals surface area contributed by atoms with Crippen LogP contribution in [0.1, 0.15) is 23.1 Å². The third-order valence-electron chi connectivity index (χ3n) is 3.91. The Labute approximate surface area is 144 Å². The summed E-state index contributed by atoms with van der Waals surface area (Å²) < 4.78 is 7.02. The maximum absolute atomic E-state index is 12.7. The van der Waals surface area contributed by atoms with Crippen molar-refractivity contribution >= 4 is 17.5 Å². The predicted molar refractivity (Wildman–Crippen MR) is 90.9 cm³/mol. The fourth-order valence-electron chi connectivity index (χ4n) is 2.69. The molecule has 7 heteroatoms. The van der Waals surface area contributed by atoms with Crippen molar-refractivity contribution in [2.45, 2.75) is 20.0 Å². The molecule has 1 aliphatic rings. The number of nitrogens with zero attached hydrogens (tertiary/aromatic N) is 3. The topological polar surface area (TPSA) is 64.4 Å². The van der Waals surface area contributed by atoms with Crippen molar-refractivity contribution in [3.8, 4) is 5.69 Å². The van der Waals surface area contributed by atoms with Gasteiger partial charge in [0.2, 0.25) is 5.43 Å². The SMILES string of the molecule is Cc1cc(=O)c(C(=O)N2CCO[C@@H](C)C2)nn1-c1ccc(Cl)cc1. The minimum absolute atomic E-state index is 0.0494. The van der Waals surface area contributed by atoms with Gasteiger partial charge in [0.1, 0.15) is 0 Å². The van der Waals surface area contributed by atoms with Gasteiger partial charge in [-0.15, -0.1) is 0 Å². The number of aromatic nitrogens is 2. The van der Waals surface area contributed by atoms with E-state index in [0.29, 0.717) is 30.4 Å². The molecule has 1 aliphatic heterocycles. The van der Waals surface area contributed by atoms with E-state index in [2.05, 4.69) is 5.10 Å². The normalized spacial score (nSPS) is 17.8. The molecule has 0 saturated carbocycles. The molecule has 6 nitrogen and oxygen atoms in total. The van der Waals surface area contributed by atoms with Crippen molar-refractivity contribution in [1.29, 1.82) is 0 Å². The fraction of sp³-hybridized carbons (Fsp3) is 0.353. The maximum Gasteiger partial charge on any atom is 0.278 e. The van der Waals surface area contributed by atoms with E-state index < -0.39 is 0 Å². The highest BCUT2D eigenvalue weighted by Crippen LogP contribution is 2.14. The van der Waals surface area contributed by atoms with Crippen LogP contribution in [0.3, 0.4) is 0 Å². The second-order valence-electron chi connectivity index (χ2n) is 5.82. The Morgan fingerprint density at radius 3 is 2.71 bits per heavy atom. The molecular weight excluding hydrogens is 330 g/mol. The minimum atomic E-state index is -0.373. The van der Waals surface area contributed by atoms with Crippen LogP contribution in [0, 0.1) is 6.92 Å². The third-order valence-corrected chi connectivity index (χ3v) is 4.16. The Kier molecular flexibility index (Phi) is 4.69. The van der Waals surface area contributed by atoms with E-state index in [-0.39, 0.29) is 23.1 Å². The average molecular weight is 348 g/mol. The molecule has 3 rings (SSSR count).